The second-order valence-electron chi connectivity index (χ2n) is 6.15. The van der Waals surface area contributed by atoms with Crippen molar-refractivity contribution in [1.82, 2.24) is 4.90 Å². The summed E-state index contributed by atoms with van der Waals surface area (Å²) in [6.45, 7) is 5.16. The summed E-state index contributed by atoms with van der Waals surface area (Å²) in [6.07, 6.45) is 5.84. The van der Waals surface area contributed by atoms with Crippen molar-refractivity contribution in [1.29, 1.82) is 0 Å². The summed E-state index contributed by atoms with van der Waals surface area (Å²) in [5, 5.41) is 9.28. The van der Waals surface area contributed by atoms with Crippen LogP contribution in [0.1, 0.15) is 53.8 Å². The van der Waals surface area contributed by atoms with Crippen LogP contribution in [0.4, 0.5) is 0 Å². The van der Waals surface area contributed by atoms with E-state index in [4.69, 9.17) is 0 Å². The highest BCUT2D eigenvalue weighted by atomic mass is 32.1. The zero-order chi connectivity index (χ0) is 14.8. The lowest BCUT2D eigenvalue weighted by atomic mass is 9.78. The van der Waals surface area contributed by atoms with Crippen LogP contribution in [0.25, 0.3) is 0 Å². The molecule has 2 rings (SSSR count). The Kier molecular flexibility index (Phi) is 4.86. The lowest BCUT2D eigenvalue weighted by Gasteiger charge is -2.44. The molecule has 0 amide bonds. The van der Waals surface area contributed by atoms with Crippen molar-refractivity contribution >= 4 is 17.3 Å². The van der Waals surface area contributed by atoms with Gasteiger partial charge in [-0.2, -0.15) is 0 Å². The summed E-state index contributed by atoms with van der Waals surface area (Å²) in [4.78, 5) is 16.3. The molecular weight excluding hydrogens is 270 g/mol. The number of rotatable bonds is 5. The first-order chi connectivity index (χ1) is 9.43. The average molecular weight is 295 g/mol. The summed E-state index contributed by atoms with van der Waals surface area (Å²) < 4.78 is 0. The Hall–Kier alpha value is -0.870. The van der Waals surface area contributed by atoms with Crippen LogP contribution in [0.15, 0.2) is 6.07 Å². The first-order valence-electron chi connectivity index (χ1n) is 7.42. The fourth-order valence-electron chi connectivity index (χ4n) is 3.45. The van der Waals surface area contributed by atoms with Crippen molar-refractivity contribution in [2.45, 2.75) is 64.5 Å². The van der Waals surface area contributed by atoms with Crippen molar-refractivity contribution in [3.63, 3.8) is 0 Å². The minimum Gasteiger partial charge on any atom is -0.481 e. The molecule has 1 aromatic rings. The Labute approximate surface area is 125 Å². The van der Waals surface area contributed by atoms with E-state index in [1.165, 1.54) is 21.7 Å². The maximum atomic E-state index is 11.3. The van der Waals surface area contributed by atoms with Gasteiger partial charge in [0.2, 0.25) is 0 Å². The monoisotopic (exact) mass is 295 g/mol. The van der Waals surface area contributed by atoms with Crippen LogP contribution < -0.4 is 0 Å². The molecule has 20 heavy (non-hydrogen) atoms. The number of thiophene rings is 1. The van der Waals surface area contributed by atoms with Crippen LogP contribution in [0.5, 0.6) is 0 Å². The zero-order valence-electron chi connectivity index (χ0n) is 12.7. The summed E-state index contributed by atoms with van der Waals surface area (Å²) in [7, 11) is 2.10. The molecule has 0 saturated heterocycles. The molecule has 1 saturated carbocycles. The van der Waals surface area contributed by atoms with Crippen LogP contribution in [-0.2, 0) is 11.3 Å². The topological polar surface area (TPSA) is 40.5 Å². The third-order valence-electron chi connectivity index (χ3n) is 4.63. The first kappa shape index (κ1) is 15.5. The van der Waals surface area contributed by atoms with Crippen LogP contribution in [0.2, 0.25) is 0 Å². The van der Waals surface area contributed by atoms with Gasteiger partial charge in [-0.15, -0.1) is 11.3 Å². The Morgan fingerprint density at radius 1 is 1.35 bits per heavy atom. The van der Waals surface area contributed by atoms with Gasteiger partial charge in [-0.05, 0) is 45.4 Å². The van der Waals surface area contributed by atoms with E-state index in [-0.39, 0.29) is 12.0 Å². The first-order valence-corrected chi connectivity index (χ1v) is 8.23. The average Bonchev–Trinajstić information content (AvgIpc) is 2.68. The van der Waals surface area contributed by atoms with E-state index < -0.39 is 5.97 Å². The highest BCUT2D eigenvalue weighted by molar-refractivity contribution is 7.12. The summed E-state index contributed by atoms with van der Waals surface area (Å²) in [5.41, 5.74) is 1.21. The summed E-state index contributed by atoms with van der Waals surface area (Å²) in [5.74, 6) is -0.669. The molecule has 0 spiro atoms. The van der Waals surface area contributed by atoms with Gasteiger partial charge in [0.1, 0.15) is 0 Å². The summed E-state index contributed by atoms with van der Waals surface area (Å²) >= 11 is 1.83. The molecule has 1 N–H and O–H groups in total. The Morgan fingerprint density at radius 3 is 2.50 bits per heavy atom. The molecule has 3 nitrogen and oxygen atoms in total. The minimum absolute atomic E-state index is 0.146. The number of aliphatic carboxylic acids is 1. The number of hydrogen-bond acceptors (Lipinski definition) is 3. The smallest absolute Gasteiger partial charge is 0.305 e. The number of nitrogens with zero attached hydrogens (tertiary/aromatic N) is 1. The molecule has 0 aliphatic heterocycles. The van der Waals surface area contributed by atoms with E-state index in [2.05, 4.69) is 31.9 Å². The van der Waals surface area contributed by atoms with E-state index in [1.807, 2.05) is 11.3 Å². The van der Waals surface area contributed by atoms with Gasteiger partial charge in [-0.1, -0.05) is 19.3 Å². The molecule has 112 valence electrons. The molecule has 4 heteroatoms. The minimum atomic E-state index is -0.669. The number of hydrogen-bond donors (Lipinski definition) is 1. The molecule has 1 aromatic heterocycles. The molecule has 1 aliphatic carbocycles. The van der Waals surface area contributed by atoms with Gasteiger partial charge in [0.05, 0.1) is 6.42 Å². The standard InChI is InChI=1S/C16H25NO2S/c1-12-9-14(13(2)20-12)11-17(3)16(10-15(18)19)7-5-4-6-8-16/h9H,4-8,10-11H2,1-3H3,(H,18,19). The van der Waals surface area contributed by atoms with Crippen molar-refractivity contribution < 1.29 is 9.90 Å². The van der Waals surface area contributed by atoms with Gasteiger partial charge in [0, 0.05) is 21.8 Å². The second-order valence-corrected chi connectivity index (χ2v) is 7.61. The van der Waals surface area contributed by atoms with Gasteiger partial charge in [0.25, 0.3) is 0 Å². The Bertz CT molecular complexity index is 475. The Morgan fingerprint density at radius 2 is 2.00 bits per heavy atom. The molecule has 0 aromatic carbocycles. The molecule has 0 bridgehead atoms. The lowest BCUT2D eigenvalue weighted by molar-refractivity contribution is -0.141. The van der Waals surface area contributed by atoms with E-state index in [0.717, 1.165) is 32.2 Å². The van der Waals surface area contributed by atoms with Gasteiger partial charge in [-0.25, -0.2) is 0 Å². The predicted molar refractivity (Wildman–Crippen MR) is 83.3 cm³/mol. The number of carboxylic acid groups (broad SMARTS) is 1. The number of aryl methyl sites for hydroxylation is 2. The molecule has 1 fully saturated rings. The van der Waals surface area contributed by atoms with E-state index in [9.17, 15) is 9.90 Å². The second kappa shape index (κ2) is 6.27. The van der Waals surface area contributed by atoms with Crippen molar-refractivity contribution in [2.24, 2.45) is 0 Å². The summed E-state index contributed by atoms with van der Waals surface area (Å²) in [6, 6.07) is 2.24. The SMILES string of the molecule is Cc1cc(CN(C)C2(CC(=O)O)CCCCC2)c(C)s1. The van der Waals surface area contributed by atoms with E-state index in [1.54, 1.807) is 0 Å². The van der Waals surface area contributed by atoms with Crippen LogP contribution in [0, 0.1) is 13.8 Å². The van der Waals surface area contributed by atoms with Gasteiger partial charge in [0.15, 0.2) is 0 Å². The zero-order valence-corrected chi connectivity index (χ0v) is 13.6. The molecule has 1 heterocycles. The molecule has 1 aliphatic rings. The molecular formula is C16H25NO2S. The third-order valence-corrected chi connectivity index (χ3v) is 5.63. The van der Waals surface area contributed by atoms with Crippen LogP contribution >= 0.6 is 11.3 Å². The molecule has 0 radical (unpaired) electrons. The predicted octanol–water partition coefficient (Wildman–Crippen LogP) is 3.97. The lowest BCUT2D eigenvalue weighted by Crippen LogP contribution is -2.49. The van der Waals surface area contributed by atoms with Crippen molar-refractivity contribution in [2.75, 3.05) is 7.05 Å². The van der Waals surface area contributed by atoms with Crippen LogP contribution in [-0.4, -0.2) is 28.6 Å². The number of carbonyl (C=O) groups is 1. The van der Waals surface area contributed by atoms with Gasteiger partial charge in [-0.3, -0.25) is 9.69 Å². The largest absolute Gasteiger partial charge is 0.481 e. The molecule has 0 unspecified atom stereocenters. The quantitative estimate of drug-likeness (QED) is 0.893. The van der Waals surface area contributed by atoms with Crippen LogP contribution in [0.3, 0.4) is 0 Å². The highest BCUT2D eigenvalue weighted by Gasteiger charge is 2.38. The third kappa shape index (κ3) is 3.41. The maximum Gasteiger partial charge on any atom is 0.305 e. The fraction of sp³-hybridized carbons (Fsp3) is 0.688. The van der Waals surface area contributed by atoms with Crippen molar-refractivity contribution in [3.8, 4) is 0 Å². The maximum absolute atomic E-state index is 11.3. The van der Waals surface area contributed by atoms with Gasteiger partial charge >= 0.3 is 5.97 Å². The van der Waals surface area contributed by atoms with Gasteiger partial charge < -0.3 is 5.11 Å². The molecule has 0 atom stereocenters. The van der Waals surface area contributed by atoms with E-state index >= 15 is 0 Å². The fourth-order valence-corrected chi connectivity index (χ4v) is 4.39. The van der Waals surface area contributed by atoms with Crippen molar-refractivity contribution in [3.05, 3.63) is 21.4 Å². The normalized spacial score (nSPS) is 18.4. The highest BCUT2D eigenvalue weighted by Crippen LogP contribution is 2.37. The van der Waals surface area contributed by atoms with E-state index in [0.29, 0.717) is 0 Å². The Balaban J connectivity index is 2.15. The number of carboxylic acids is 1.